The summed E-state index contributed by atoms with van der Waals surface area (Å²) in [4.78, 5) is 12.0. The average molecular weight is 245 g/mol. The molecule has 18 heavy (non-hydrogen) atoms. The summed E-state index contributed by atoms with van der Waals surface area (Å²) >= 11 is 0. The molecule has 0 N–H and O–H groups in total. The van der Waals surface area contributed by atoms with Gasteiger partial charge in [-0.1, -0.05) is 6.07 Å². The highest BCUT2D eigenvalue weighted by atomic mass is 16.1. The first-order chi connectivity index (χ1) is 8.67. The van der Waals surface area contributed by atoms with Crippen LogP contribution in [0.1, 0.15) is 30.9 Å². The van der Waals surface area contributed by atoms with Gasteiger partial charge in [0, 0.05) is 43.0 Å². The SMILES string of the molecule is C[N+]12CCC[C@H]1[C@@H]1C[C@@H](C2)c2cccc(=O)n2C1. The lowest BCUT2D eigenvalue weighted by atomic mass is 9.77. The predicted octanol–water partition coefficient (Wildman–Crippen LogP) is 1.57. The van der Waals surface area contributed by atoms with E-state index in [1.54, 1.807) is 6.07 Å². The van der Waals surface area contributed by atoms with Crippen molar-refractivity contribution in [1.29, 1.82) is 0 Å². The number of quaternary nitrogens is 1. The molecule has 0 amide bonds. The lowest BCUT2D eigenvalue weighted by Gasteiger charge is -2.50. The van der Waals surface area contributed by atoms with Crippen LogP contribution in [0.4, 0.5) is 0 Å². The van der Waals surface area contributed by atoms with Gasteiger partial charge in [0.25, 0.3) is 5.56 Å². The van der Waals surface area contributed by atoms with Crippen LogP contribution in [0.2, 0.25) is 0 Å². The summed E-state index contributed by atoms with van der Waals surface area (Å²) in [6.45, 7) is 3.55. The van der Waals surface area contributed by atoms with Crippen LogP contribution in [0, 0.1) is 5.92 Å². The first-order valence-electron chi connectivity index (χ1n) is 7.21. The highest BCUT2D eigenvalue weighted by Gasteiger charge is 2.51. The Labute approximate surface area is 108 Å². The molecule has 0 radical (unpaired) electrons. The Morgan fingerprint density at radius 2 is 2.28 bits per heavy atom. The van der Waals surface area contributed by atoms with Gasteiger partial charge in [-0.25, -0.2) is 0 Å². The van der Waals surface area contributed by atoms with Gasteiger partial charge < -0.3 is 9.05 Å². The maximum absolute atomic E-state index is 12.0. The first-order valence-corrected chi connectivity index (χ1v) is 7.21. The number of likely N-dealkylation sites (N-methyl/N-ethyl adjacent to an activating group) is 1. The molecule has 4 atom stereocenters. The van der Waals surface area contributed by atoms with Crippen molar-refractivity contribution in [3.63, 3.8) is 0 Å². The van der Waals surface area contributed by atoms with Crippen LogP contribution in [0.25, 0.3) is 0 Å². The van der Waals surface area contributed by atoms with E-state index in [4.69, 9.17) is 0 Å². The Morgan fingerprint density at radius 1 is 1.39 bits per heavy atom. The quantitative estimate of drug-likeness (QED) is 0.636. The second-order valence-electron chi connectivity index (χ2n) is 6.69. The standard InChI is InChI=1S/C15H21N2O/c1-17-7-3-5-14(17)11-8-12(10-17)13-4-2-6-15(18)16(13)9-11/h2,4,6,11-12,14H,3,5,7-10H2,1H3/q+1/t11-,12+,14+,17?/m1/s1. The van der Waals surface area contributed by atoms with Crippen molar-refractivity contribution >= 4 is 0 Å². The molecule has 96 valence electrons. The molecular weight excluding hydrogens is 224 g/mol. The third-order valence-corrected chi connectivity index (χ3v) is 5.66. The van der Waals surface area contributed by atoms with Gasteiger partial charge in [-0.3, -0.25) is 4.79 Å². The molecule has 4 heterocycles. The monoisotopic (exact) mass is 245 g/mol. The molecule has 3 heteroatoms. The number of hydrogen-bond donors (Lipinski definition) is 0. The number of fused-ring (bicyclic) bond motifs is 6. The Kier molecular flexibility index (Phi) is 2.08. The number of nitrogens with zero attached hydrogens (tertiary/aromatic N) is 2. The lowest BCUT2D eigenvalue weighted by molar-refractivity contribution is -0.932. The van der Waals surface area contributed by atoms with Gasteiger partial charge >= 0.3 is 0 Å². The maximum atomic E-state index is 12.0. The van der Waals surface area contributed by atoms with Crippen molar-refractivity contribution in [1.82, 2.24) is 4.57 Å². The summed E-state index contributed by atoms with van der Waals surface area (Å²) in [5.41, 5.74) is 1.50. The molecule has 3 nitrogen and oxygen atoms in total. The van der Waals surface area contributed by atoms with Gasteiger partial charge in [-0.15, -0.1) is 0 Å². The van der Waals surface area contributed by atoms with E-state index in [1.165, 1.54) is 42.5 Å². The third kappa shape index (κ3) is 1.31. The number of hydrogen-bond acceptors (Lipinski definition) is 1. The van der Waals surface area contributed by atoms with E-state index in [-0.39, 0.29) is 5.56 Å². The summed E-state index contributed by atoms with van der Waals surface area (Å²) in [6.07, 6.45) is 4.04. The highest BCUT2D eigenvalue weighted by Crippen LogP contribution is 2.45. The molecule has 0 aromatic carbocycles. The van der Waals surface area contributed by atoms with Crippen molar-refractivity contribution in [3.05, 3.63) is 34.2 Å². The molecule has 2 saturated heterocycles. The van der Waals surface area contributed by atoms with E-state index in [2.05, 4.69) is 17.7 Å². The molecule has 3 aliphatic rings. The Hall–Kier alpha value is -1.09. The van der Waals surface area contributed by atoms with Gasteiger partial charge in [0.15, 0.2) is 0 Å². The second-order valence-corrected chi connectivity index (χ2v) is 6.69. The zero-order chi connectivity index (χ0) is 12.3. The molecule has 3 aliphatic heterocycles. The molecule has 4 rings (SSSR count). The fourth-order valence-electron chi connectivity index (χ4n) is 4.94. The Morgan fingerprint density at radius 3 is 3.17 bits per heavy atom. The van der Waals surface area contributed by atoms with Crippen LogP contribution >= 0.6 is 0 Å². The van der Waals surface area contributed by atoms with Gasteiger partial charge in [0.1, 0.15) is 0 Å². The number of piperidine rings is 1. The van der Waals surface area contributed by atoms with Crippen LogP contribution in [-0.2, 0) is 6.54 Å². The van der Waals surface area contributed by atoms with E-state index in [1.807, 2.05) is 6.07 Å². The van der Waals surface area contributed by atoms with E-state index in [0.29, 0.717) is 5.92 Å². The molecule has 1 aromatic heterocycles. The summed E-state index contributed by atoms with van der Waals surface area (Å²) in [6, 6.07) is 6.63. The minimum Gasteiger partial charge on any atom is -0.323 e. The van der Waals surface area contributed by atoms with E-state index in [0.717, 1.165) is 18.5 Å². The van der Waals surface area contributed by atoms with E-state index < -0.39 is 0 Å². The van der Waals surface area contributed by atoms with Crippen LogP contribution < -0.4 is 5.56 Å². The Bertz CT molecular complexity index is 550. The largest absolute Gasteiger partial charge is 0.323 e. The zero-order valence-corrected chi connectivity index (χ0v) is 11.0. The van der Waals surface area contributed by atoms with Crippen LogP contribution in [0.5, 0.6) is 0 Å². The molecule has 1 aromatic rings. The summed E-state index contributed by atoms with van der Waals surface area (Å²) in [5, 5.41) is 0. The lowest BCUT2D eigenvalue weighted by Crippen LogP contribution is -2.60. The topological polar surface area (TPSA) is 22.0 Å². The van der Waals surface area contributed by atoms with Crippen molar-refractivity contribution in [2.45, 2.75) is 37.8 Å². The Balaban J connectivity index is 1.83. The predicted molar refractivity (Wildman–Crippen MR) is 70.5 cm³/mol. The van der Waals surface area contributed by atoms with Crippen LogP contribution in [0.15, 0.2) is 23.0 Å². The van der Waals surface area contributed by atoms with Gasteiger partial charge in [-0.2, -0.15) is 0 Å². The zero-order valence-electron chi connectivity index (χ0n) is 11.0. The fourth-order valence-corrected chi connectivity index (χ4v) is 4.94. The summed E-state index contributed by atoms with van der Waals surface area (Å²) in [5.74, 6) is 1.33. The molecule has 0 saturated carbocycles. The van der Waals surface area contributed by atoms with Crippen LogP contribution in [0.3, 0.4) is 0 Å². The average Bonchev–Trinajstić information content (AvgIpc) is 2.73. The van der Waals surface area contributed by atoms with Crippen LogP contribution in [-0.4, -0.2) is 35.2 Å². The van der Waals surface area contributed by atoms with E-state index in [9.17, 15) is 4.79 Å². The highest BCUT2D eigenvalue weighted by molar-refractivity contribution is 5.16. The maximum Gasteiger partial charge on any atom is 0.250 e. The molecule has 2 fully saturated rings. The number of pyridine rings is 1. The molecule has 1 unspecified atom stereocenters. The normalized spacial score (nSPS) is 41.3. The van der Waals surface area contributed by atoms with Crippen molar-refractivity contribution in [2.24, 2.45) is 5.92 Å². The van der Waals surface area contributed by atoms with Crippen molar-refractivity contribution in [3.8, 4) is 0 Å². The number of rotatable bonds is 0. The van der Waals surface area contributed by atoms with E-state index >= 15 is 0 Å². The minimum absolute atomic E-state index is 0.205. The van der Waals surface area contributed by atoms with Gasteiger partial charge in [-0.05, 0) is 12.5 Å². The smallest absolute Gasteiger partial charge is 0.250 e. The van der Waals surface area contributed by atoms with Crippen molar-refractivity contribution < 1.29 is 4.48 Å². The fraction of sp³-hybridized carbons (Fsp3) is 0.667. The summed E-state index contributed by atoms with van der Waals surface area (Å²) in [7, 11) is 2.44. The second kappa shape index (κ2) is 3.47. The van der Waals surface area contributed by atoms with Gasteiger partial charge in [0.2, 0.25) is 0 Å². The molecule has 2 bridgehead atoms. The minimum atomic E-state index is 0.205. The molecular formula is C15H21N2O+. The third-order valence-electron chi connectivity index (χ3n) is 5.66. The van der Waals surface area contributed by atoms with Gasteiger partial charge in [0.05, 0.1) is 26.2 Å². The van der Waals surface area contributed by atoms with Crippen molar-refractivity contribution in [2.75, 3.05) is 20.1 Å². The molecule has 0 aliphatic carbocycles. The summed E-state index contributed by atoms with van der Waals surface area (Å²) < 4.78 is 3.32. The number of aromatic nitrogens is 1. The first kappa shape index (κ1) is 10.8. The molecule has 0 spiro atoms.